The summed E-state index contributed by atoms with van der Waals surface area (Å²) in [7, 11) is 5.43. The van der Waals surface area contributed by atoms with Crippen LogP contribution >= 0.6 is 35.6 Å². The van der Waals surface area contributed by atoms with Crippen molar-refractivity contribution in [3.8, 4) is 11.5 Å². The van der Waals surface area contributed by atoms with Crippen molar-refractivity contribution in [3.05, 3.63) is 81.7 Å². The van der Waals surface area contributed by atoms with Crippen molar-refractivity contribution in [1.29, 1.82) is 0 Å². The van der Waals surface area contributed by atoms with Gasteiger partial charge in [0.05, 0.1) is 17.7 Å². The number of thiocarbonyl (C=S) groups is 1. The maximum atomic E-state index is 13.2. The zero-order chi connectivity index (χ0) is 27.4. The number of benzene rings is 3. The first-order valence-electron chi connectivity index (χ1n) is 11.6. The minimum absolute atomic E-state index is 0.190. The van der Waals surface area contributed by atoms with Gasteiger partial charge in [-0.05, 0) is 72.7 Å². The van der Waals surface area contributed by atoms with Crippen LogP contribution in [-0.4, -0.2) is 43.9 Å². The van der Waals surface area contributed by atoms with Crippen LogP contribution in [0.2, 0.25) is 5.02 Å². The number of hydrogen-bond donors (Lipinski definition) is 1. The van der Waals surface area contributed by atoms with E-state index in [0.717, 1.165) is 16.8 Å². The molecule has 0 bridgehead atoms. The van der Waals surface area contributed by atoms with Gasteiger partial charge in [-0.3, -0.25) is 14.5 Å². The summed E-state index contributed by atoms with van der Waals surface area (Å²) in [6.07, 6.45) is 1.76. The first-order valence-corrected chi connectivity index (χ1v) is 13.2. The summed E-state index contributed by atoms with van der Waals surface area (Å²) in [6, 6.07) is 18.1. The molecular formula is C28H26ClN3O4S2. The number of nitrogens with zero attached hydrogens (tertiary/aromatic N) is 2. The van der Waals surface area contributed by atoms with E-state index in [2.05, 4.69) is 5.32 Å². The van der Waals surface area contributed by atoms with Gasteiger partial charge in [0.2, 0.25) is 0 Å². The SMILES string of the molecule is COc1cc(/C=C2\SC(=S)N(c3ccc(N(C)C)cc3)C2=O)ccc1OCC(=O)Nc1cc(Cl)ccc1C. The van der Waals surface area contributed by atoms with Crippen LogP contribution in [0.15, 0.2) is 65.6 Å². The van der Waals surface area contributed by atoms with Crippen LogP contribution in [0.3, 0.4) is 0 Å². The number of anilines is 3. The Morgan fingerprint density at radius 3 is 2.53 bits per heavy atom. The summed E-state index contributed by atoms with van der Waals surface area (Å²) in [5.41, 5.74) is 3.99. The number of methoxy groups -OCH3 is 1. The van der Waals surface area contributed by atoms with Crippen molar-refractivity contribution >= 4 is 74.9 Å². The molecule has 10 heteroatoms. The first kappa shape index (κ1) is 27.5. The average molecular weight is 568 g/mol. The third kappa shape index (κ3) is 6.30. The third-order valence-electron chi connectivity index (χ3n) is 5.74. The average Bonchev–Trinajstić information content (AvgIpc) is 3.17. The lowest BCUT2D eigenvalue weighted by Gasteiger charge is -2.17. The number of amides is 2. The van der Waals surface area contributed by atoms with E-state index in [0.29, 0.717) is 37.1 Å². The fourth-order valence-corrected chi connectivity index (χ4v) is 5.16. The molecule has 3 aromatic rings. The molecule has 0 unspecified atom stereocenters. The largest absolute Gasteiger partial charge is 0.493 e. The number of aryl methyl sites for hydroxylation is 1. The molecule has 2 amide bonds. The van der Waals surface area contributed by atoms with Gasteiger partial charge in [0.15, 0.2) is 22.4 Å². The molecule has 1 aliphatic heterocycles. The predicted molar refractivity (Wildman–Crippen MR) is 160 cm³/mol. The highest BCUT2D eigenvalue weighted by atomic mass is 35.5. The zero-order valence-corrected chi connectivity index (χ0v) is 23.7. The van der Waals surface area contributed by atoms with Crippen LogP contribution in [0, 0.1) is 6.92 Å². The molecule has 196 valence electrons. The molecule has 1 N–H and O–H groups in total. The number of hydrogen-bond acceptors (Lipinski definition) is 7. The fourth-order valence-electron chi connectivity index (χ4n) is 3.69. The topological polar surface area (TPSA) is 71.1 Å². The van der Waals surface area contributed by atoms with Crippen LogP contribution in [0.5, 0.6) is 11.5 Å². The Morgan fingerprint density at radius 2 is 1.84 bits per heavy atom. The summed E-state index contributed by atoms with van der Waals surface area (Å²) in [5.74, 6) is 0.310. The summed E-state index contributed by atoms with van der Waals surface area (Å²) < 4.78 is 11.6. The van der Waals surface area contributed by atoms with Gasteiger partial charge in [-0.1, -0.05) is 47.7 Å². The molecule has 38 heavy (non-hydrogen) atoms. The molecule has 4 rings (SSSR count). The van der Waals surface area contributed by atoms with Gasteiger partial charge < -0.3 is 19.7 Å². The molecule has 0 spiro atoms. The molecule has 1 fully saturated rings. The number of halogens is 1. The van der Waals surface area contributed by atoms with Gasteiger partial charge >= 0.3 is 0 Å². The molecule has 0 saturated carbocycles. The molecule has 1 aliphatic rings. The summed E-state index contributed by atoms with van der Waals surface area (Å²) in [5, 5.41) is 3.33. The van der Waals surface area contributed by atoms with E-state index in [-0.39, 0.29) is 18.4 Å². The zero-order valence-electron chi connectivity index (χ0n) is 21.3. The Kier molecular flexibility index (Phi) is 8.61. The Bertz CT molecular complexity index is 1420. The number of carbonyl (C=O) groups is 2. The first-order chi connectivity index (χ1) is 18.2. The van der Waals surface area contributed by atoms with Crippen molar-refractivity contribution in [3.63, 3.8) is 0 Å². The number of rotatable bonds is 8. The van der Waals surface area contributed by atoms with E-state index < -0.39 is 0 Å². The maximum absolute atomic E-state index is 13.2. The van der Waals surface area contributed by atoms with E-state index in [4.69, 9.17) is 33.3 Å². The lowest BCUT2D eigenvalue weighted by atomic mass is 10.1. The van der Waals surface area contributed by atoms with Crippen LogP contribution in [0.25, 0.3) is 6.08 Å². The Labute approximate surface area is 236 Å². The van der Waals surface area contributed by atoms with Crippen LogP contribution in [0.4, 0.5) is 17.1 Å². The van der Waals surface area contributed by atoms with Gasteiger partial charge in [0.25, 0.3) is 11.8 Å². The molecular weight excluding hydrogens is 542 g/mol. The van der Waals surface area contributed by atoms with Crippen molar-refractivity contribution < 1.29 is 19.1 Å². The minimum Gasteiger partial charge on any atom is -0.493 e. The van der Waals surface area contributed by atoms with Crippen LogP contribution in [-0.2, 0) is 9.59 Å². The van der Waals surface area contributed by atoms with Gasteiger partial charge in [0.1, 0.15) is 0 Å². The minimum atomic E-state index is -0.330. The van der Waals surface area contributed by atoms with Gasteiger partial charge in [-0.15, -0.1) is 0 Å². The Morgan fingerprint density at radius 1 is 1.11 bits per heavy atom. The highest BCUT2D eigenvalue weighted by Crippen LogP contribution is 2.37. The fraction of sp³-hybridized carbons (Fsp3) is 0.179. The molecule has 1 heterocycles. The van der Waals surface area contributed by atoms with E-state index in [9.17, 15) is 9.59 Å². The second-order valence-electron chi connectivity index (χ2n) is 8.63. The quantitative estimate of drug-likeness (QED) is 0.259. The normalized spacial score (nSPS) is 14.1. The third-order valence-corrected chi connectivity index (χ3v) is 7.27. The number of thioether (sulfide) groups is 1. The standard InChI is InChI=1S/C28H26ClN3O4S2/c1-17-5-7-19(29)15-22(17)30-26(33)16-36-23-12-6-18(13-24(23)35-4)14-25-27(34)32(28(37)38-25)21-10-8-20(9-11-21)31(2)3/h5-15H,16H2,1-4H3,(H,30,33)/b25-14-. The molecule has 0 aromatic heterocycles. The Balaban J connectivity index is 1.45. The molecule has 3 aromatic carbocycles. The Hall–Kier alpha value is -3.53. The summed E-state index contributed by atoms with van der Waals surface area (Å²) in [6.45, 7) is 1.66. The van der Waals surface area contributed by atoms with Crippen LogP contribution in [0.1, 0.15) is 11.1 Å². The van der Waals surface area contributed by atoms with E-state index in [1.165, 1.54) is 23.8 Å². The van der Waals surface area contributed by atoms with Gasteiger partial charge in [-0.25, -0.2) is 0 Å². The second kappa shape index (κ2) is 11.9. The van der Waals surface area contributed by atoms with Crippen molar-refractivity contribution in [2.75, 3.05) is 42.9 Å². The second-order valence-corrected chi connectivity index (χ2v) is 10.7. The van der Waals surface area contributed by atoms with E-state index in [1.54, 1.807) is 36.4 Å². The summed E-state index contributed by atoms with van der Waals surface area (Å²) >= 11 is 12.8. The molecule has 0 atom stereocenters. The predicted octanol–water partition coefficient (Wildman–Crippen LogP) is 6.15. The number of ether oxygens (including phenoxy) is 2. The highest BCUT2D eigenvalue weighted by Gasteiger charge is 2.33. The van der Waals surface area contributed by atoms with E-state index in [1.807, 2.05) is 56.3 Å². The number of carbonyl (C=O) groups excluding carboxylic acids is 2. The van der Waals surface area contributed by atoms with Crippen molar-refractivity contribution in [1.82, 2.24) is 0 Å². The van der Waals surface area contributed by atoms with Gasteiger partial charge in [0, 0.05) is 30.5 Å². The number of nitrogens with one attached hydrogen (secondary N) is 1. The molecule has 7 nitrogen and oxygen atoms in total. The van der Waals surface area contributed by atoms with Crippen molar-refractivity contribution in [2.24, 2.45) is 0 Å². The molecule has 0 aliphatic carbocycles. The lowest BCUT2D eigenvalue weighted by molar-refractivity contribution is -0.118. The lowest BCUT2D eigenvalue weighted by Crippen LogP contribution is -2.27. The van der Waals surface area contributed by atoms with Crippen molar-refractivity contribution in [2.45, 2.75) is 6.92 Å². The molecule has 1 saturated heterocycles. The monoisotopic (exact) mass is 567 g/mol. The van der Waals surface area contributed by atoms with Gasteiger partial charge in [-0.2, -0.15) is 0 Å². The highest BCUT2D eigenvalue weighted by molar-refractivity contribution is 8.27. The summed E-state index contributed by atoms with van der Waals surface area (Å²) in [4.78, 5) is 29.6. The molecule has 0 radical (unpaired) electrons. The smallest absolute Gasteiger partial charge is 0.270 e. The van der Waals surface area contributed by atoms with Crippen LogP contribution < -0.4 is 24.6 Å². The maximum Gasteiger partial charge on any atom is 0.270 e. The van der Waals surface area contributed by atoms with E-state index >= 15 is 0 Å².